The van der Waals surface area contributed by atoms with Gasteiger partial charge in [0, 0.05) is 16.5 Å². The molecule has 2 fully saturated rings. The standard InChI is InChI=1S/C25H20Cl2N2O4/c1-13-8-14(19-12-21(30)28(23(19)31)17-6-2-4-15(26)10-17)9-20-22(13)25(33)29(24(20)32)18-7-3-5-16(27)11-18/h2-8,10-11,14,19-20,22H,9,12H2,1H3/t14-,19-,20-,22-/m0/s1. The molecule has 0 radical (unpaired) electrons. The predicted molar refractivity (Wildman–Crippen MR) is 125 cm³/mol. The molecule has 6 nitrogen and oxygen atoms in total. The summed E-state index contributed by atoms with van der Waals surface area (Å²) < 4.78 is 0. The van der Waals surface area contributed by atoms with Crippen molar-refractivity contribution in [2.75, 3.05) is 9.80 Å². The van der Waals surface area contributed by atoms with Gasteiger partial charge in [0.05, 0.1) is 29.1 Å². The zero-order valence-corrected chi connectivity index (χ0v) is 19.2. The number of benzene rings is 2. The summed E-state index contributed by atoms with van der Waals surface area (Å²) in [4.78, 5) is 54.8. The van der Waals surface area contributed by atoms with Crippen molar-refractivity contribution in [3.05, 3.63) is 70.2 Å². The number of allylic oxidation sites excluding steroid dienone is 1. The molecule has 4 amide bonds. The normalized spacial score (nSPS) is 27.3. The topological polar surface area (TPSA) is 74.8 Å². The van der Waals surface area contributed by atoms with Crippen molar-refractivity contribution in [3.63, 3.8) is 0 Å². The number of anilines is 2. The number of rotatable bonds is 3. The summed E-state index contributed by atoms with van der Waals surface area (Å²) in [6.45, 7) is 1.81. The lowest BCUT2D eigenvalue weighted by atomic mass is 9.71. The third-order valence-corrected chi connectivity index (χ3v) is 7.22. The second-order valence-electron chi connectivity index (χ2n) is 8.74. The Morgan fingerprint density at radius 2 is 1.36 bits per heavy atom. The number of halogens is 2. The first kappa shape index (κ1) is 21.9. The molecule has 2 heterocycles. The van der Waals surface area contributed by atoms with Crippen LogP contribution in [0.3, 0.4) is 0 Å². The second kappa shape index (κ2) is 8.12. The summed E-state index contributed by atoms with van der Waals surface area (Å²) in [5.74, 6) is -3.23. The van der Waals surface area contributed by atoms with E-state index in [4.69, 9.17) is 23.2 Å². The van der Waals surface area contributed by atoms with Gasteiger partial charge in [-0.2, -0.15) is 0 Å². The molecular formula is C25H20Cl2N2O4. The van der Waals surface area contributed by atoms with Crippen LogP contribution in [0.25, 0.3) is 0 Å². The van der Waals surface area contributed by atoms with Crippen LogP contribution in [0.15, 0.2) is 60.2 Å². The Morgan fingerprint density at radius 3 is 1.97 bits per heavy atom. The first-order valence-corrected chi connectivity index (χ1v) is 11.5. The first-order chi connectivity index (χ1) is 15.8. The van der Waals surface area contributed by atoms with Crippen LogP contribution in [0.1, 0.15) is 19.8 Å². The molecule has 0 saturated carbocycles. The van der Waals surface area contributed by atoms with Crippen molar-refractivity contribution in [2.24, 2.45) is 23.7 Å². The number of hydrogen-bond acceptors (Lipinski definition) is 4. The van der Waals surface area contributed by atoms with Crippen LogP contribution in [0.4, 0.5) is 11.4 Å². The van der Waals surface area contributed by atoms with Gasteiger partial charge >= 0.3 is 0 Å². The van der Waals surface area contributed by atoms with Crippen molar-refractivity contribution >= 4 is 58.2 Å². The molecule has 0 aromatic heterocycles. The molecule has 1 aliphatic carbocycles. The highest BCUT2D eigenvalue weighted by Crippen LogP contribution is 2.46. The fourth-order valence-corrected chi connectivity index (χ4v) is 5.68. The van der Waals surface area contributed by atoms with Gasteiger partial charge in [0.25, 0.3) is 0 Å². The van der Waals surface area contributed by atoms with Gasteiger partial charge in [0.15, 0.2) is 0 Å². The zero-order valence-electron chi connectivity index (χ0n) is 17.7. The van der Waals surface area contributed by atoms with Gasteiger partial charge in [-0.3, -0.25) is 24.1 Å². The van der Waals surface area contributed by atoms with Crippen LogP contribution in [-0.4, -0.2) is 23.6 Å². The lowest BCUT2D eigenvalue weighted by molar-refractivity contribution is -0.125. The van der Waals surface area contributed by atoms with Gasteiger partial charge in [0.1, 0.15) is 0 Å². The van der Waals surface area contributed by atoms with Crippen molar-refractivity contribution < 1.29 is 19.2 Å². The molecular weight excluding hydrogens is 463 g/mol. The van der Waals surface area contributed by atoms with E-state index in [-0.39, 0.29) is 36.0 Å². The fourth-order valence-electron chi connectivity index (χ4n) is 5.31. The van der Waals surface area contributed by atoms with Gasteiger partial charge in [0.2, 0.25) is 23.6 Å². The molecule has 2 aliphatic heterocycles. The molecule has 33 heavy (non-hydrogen) atoms. The largest absolute Gasteiger partial charge is 0.274 e. The van der Waals surface area contributed by atoms with Gasteiger partial charge < -0.3 is 0 Å². The van der Waals surface area contributed by atoms with E-state index >= 15 is 0 Å². The molecule has 2 aromatic carbocycles. The van der Waals surface area contributed by atoms with E-state index in [2.05, 4.69) is 0 Å². The molecule has 8 heteroatoms. The van der Waals surface area contributed by atoms with Crippen molar-refractivity contribution in [2.45, 2.75) is 19.8 Å². The van der Waals surface area contributed by atoms with Gasteiger partial charge in [-0.1, -0.05) is 47.0 Å². The molecule has 0 N–H and O–H groups in total. The lowest BCUT2D eigenvalue weighted by Crippen LogP contribution is -2.35. The maximum atomic E-state index is 13.3. The number of hydrogen-bond donors (Lipinski definition) is 0. The maximum Gasteiger partial charge on any atom is 0.241 e. The van der Waals surface area contributed by atoms with E-state index in [0.717, 1.165) is 5.57 Å². The Labute approximate surface area is 200 Å². The second-order valence-corrected chi connectivity index (χ2v) is 9.62. The third kappa shape index (κ3) is 3.58. The Morgan fingerprint density at radius 1 is 0.788 bits per heavy atom. The SMILES string of the molecule is CC1=C[C@H]([C@@H]2CC(=O)N(c3cccc(Cl)c3)C2=O)C[C@@H]2C(=O)N(c3cccc(Cl)c3)C(=O)[C@@H]12. The van der Waals surface area contributed by atoms with Crippen LogP contribution >= 0.6 is 23.2 Å². The van der Waals surface area contributed by atoms with Gasteiger partial charge in [-0.15, -0.1) is 0 Å². The Kier molecular flexibility index (Phi) is 5.38. The van der Waals surface area contributed by atoms with Crippen molar-refractivity contribution in [3.8, 4) is 0 Å². The number of carbonyl (C=O) groups excluding carboxylic acids is 4. The monoisotopic (exact) mass is 482 g/mol. The predicted octanol–water partition coefficient (Wildman–Crippen LogP) is 4.64. The average molecular weight is 483 g/mol. The third-order valence-electron chi connectivity index (χ3n) is 6.75. The van der Waals surface area contributed by atoms with Gasteiger partial charge in [-0.25, -0.2) is 4.90 Å². The number of amides is 4. The molecule has 2 saturated heterocycles. The zero-order chi connectivity index (χ0) is 23.4. The van der Waals surface area contributed by atoms with Crippen molar-refractivity contribution in [1.29, 1.82) is 0 Å². The smallest absolute Gasteiger partial charge is 0.241 e. The highest BCUT2D eigenvalue weighted by Gasteiger charge is 2.54. The average Bonchev–Trinajstić information content (AvgIpc) is 3.20. The minimum atomic E-state index is -0.587. The maximum absolute atomic E-state index is 13.3. The Bertz CT molecular complexity index is 1240. The lowest BCUT2D eigenvalue weighted by Gasteiger charge is -2.29. The molecule has 0 unspecified atom stereocenters. The molecule has 5 rings (SSSR count). The number of imide groups is 2. The highest BCUT2D eigenvalue weighted by molar-refractivity contribution is 6.32. The molecule has 3 aliphatic rings. The first-order valence-electron chi connectivity index (χ1n) is 10.7. The quantitative estimate of drug-likeness (QED) is 0.471. The summed E-state index contributed by atoms with van der Waals surface area (Å²) in [5, 5.41) is 0.869. The molecule has 168 valence electrons. The Balaban J connectivity index is 1.42. The van der Waals surface area contributed by atoms with Crippen molar-refractivity contribution in [1.82, 2.24) is 0 Å². The van der Waals surface area contributed by atoms with E-state index in [1.807, 2.05) is 13.0 Å². The fraction of sp³-hybridized carbons (Fsp3) is 0.280. The van der Waals surface area contributed by atoms with Crippen LogP contribution < -0.4 is 9.80 Å². The summed E-state index contributed by atoms with van der Waals surface area (Å²) in [5.41, 5.74) is 1.63. The van der Waals surface area contributed by atoms with E-state index in [0.29, 0.717) is 27.8 Å². The van der Waals surface area contributed by atoms with Gasteiger partial charge in [-0.05, 0) is 55.7 Å². The number of fused-ring (bicyclic) bond motifs is 1. The van der Waals surface area contributed by atoms with E-state index in [1.54, 1.807) is 48.5 Å². The van der Waals surface area contributed by atoms with Crippen LogP contribution in [0.2, 0.25) is 10.0 Å². The highest BCUT2D eigenvalue weighted by atomic mass is 35.5. The molecule has 0 bridgehead atoms. The van der Waals surface area contributed by atoms with Crippen LogP contribution in [0, 0.1) is 23.7 Å². The summed E-state index contributed by atoms with van der Waals surface area (Å²) in [7, 11) is 0. The number of nitrogens with zero attached hydrogens (tertiary/aromatic N) is 2. The van der Waals surface area contributed by atoms with Crippen LogP contribution in [-0.2, 0) is 19.2 Å². The number of carbonyl (C=O) groups is 4. The summed E-state index contributed by atoms with van der Waals surface area (Å²) in [6.07, 6.45) is 2.28. The molecule has 4 atom stereocenters. The molecule has 0 spiro atoms. The molecule has 2 aromatic rings. The minimum Gasteiger partial charge on any atom is -0.274 e. The Hall–Kier alpha value is -2.96. The summed E-state index contributed by atoms with van der Waals surface area (Å²) >= 11 is 12.1. The minimum absolute atomic E-state index is 0.0529. The summed E-state index contributed by atoms with van der Waals surface area (Å²) in [6, 6.07) is 13.3. The van der Waals surface area contributed by atoms with E-state index in [1.165, 1.54) is 9.80 Å². The van der Waals surface area contributed by atoms with Crippen LogP contribution in [0.5, 0.6) is 0 Å². The van der Waals surface area contributed by atoms with E-state index in [9.17, 15) is 19.2 Å². The van der Waals surface area contributed by atoms with E-state index < -0.39 is 17.8 Å².